The fourth-order valence-corrected chi connectivity index (χ4v) is 4.69. The lowest BCUT2D eigenvalue weighted by atomic mass is 10.1. The number of carboxylic acids is 1. The number of hydrogen-bond acceptors (Lipinski definition) is 3. The topological polar surface area (TPSA) is 63.6 Å². The van der Waals surface area contributed by atoms with Crippen molar-refractivity contribution in [2.24, 2.45) is 0 Å². The molecule has 0 aromatic carbocycles. The molecule has 0 radical (unpaired) electrons. The third-order valence-corrected chi connectivity index (χ3v) is 7.26. The summed E-state index contributed by atoms with van der Waals surface area (Å²) in [6, 6.07) is 0. The van der Waals surface area contributed by atoms with Gasteiger partial charge in [0.15, 0.2) is 0 Å². The Kier molecular flexibility index (Phi) is 30.8. The van der Waals surface area contributed by atoms with Crippen molar-refractivity contribution in [2.45, 2.75) is 174 Å². The summed E-state index contributed by atoms with van der Waals surface area (Å²) in [4.78, 5) is 23.2. The molecule has 0 saturated heterocycles. The summed E-state index contributed by atoms with van der Waals surface area (Å²) < 4.78 is 5.83. The quantitative estimate of drug-likeness (QED) is 0.0528. The van der Waals surface area contributed by atoms with E-state index in [0.717, 1.165) is 64.2 Å². The minimum absolute atomic E-state index is 0.0947. The lowest BCUT2D eigenvalue weighted by Gasteiger charge is -2.14. The number of hydrogen-bond donors (Lipinski definition) is 1. The Balaban J connectivity index is 4.14. The van der Waals surface area contributed by atoms with E-state index in [9.17, 15) is 9.59 Å². The number of esters is 1. The molecule has 0 amide bonds. The molecule has 1 unspecified atom stereocenters. The first-order valence-corrected chi connectivity index (χ1v) is 17.1. The number of carboxylic acid groups (broad SMARTS) is 1. The minimum atomic E-state index is -0.730. The summed E-state index contributed by atoms with van der Waals surface area (Å²) in [6.07, 6.45) is 42.7. The van der Waals surface area contributed by atoms with E-state index >= 15 is 0 Å². The van der Waals surface area contributed by atoms with Crippen LogP contribution in [0.15, 0.2) is 48.6 Å². The van der Waals surface area contributed by atoms with E-state index < -0.39 is 5.97 Å². The molecule has 0 bridgehead atoms. The summed E-state index contributed by atoms with van der Waals surface area (Å²) >= 11 is 0. The largest absolute Gasteiger partial charge is 0.481 e. The van der Waals surface area contributed by atoms with Gasteiger partial charge in [0.25, 0.3) is 0 Å². The van der Waals surface area contributed by atoms with Crippen molar-refractivity contribution < 1.29 is 19.4 Å². The maximum absolute atomic E-state index is 12.5. The monoisotopic (exact) mass is 572 g/mol. The summed E-state index contributed by atoms with van der Waals surface area (Å²) in [7, 11) is 0. The second-order valence-corrected chi connectivity index (χ2v) is 11.3. The number of rotatable bonds is 30. The number of ether oxygens (including phenoxy) is 1. The van der Waals surface area contributed by atoms with Gasteiger partial charge in [0.05, 0.1) is 0 Å². The molecule has 1 N–H and O–H groups in total. The molecule has 4 heteroatoms. The molecule has 0 aliphatic rings. The van der Waals surface area contributed by atoms with Crippen LogP contribution in [0.5, 0.6) is 0 Å². The highest BCUT2D eigenvalue weighted by molar-refractivity contribution is 5.69. The number of allylic oxidation sites excluding steroid dienone is 7. The fraction of sp³-hybridized carbons (Fsp3) is 0.730. The highest BCUT2D eigenvalue weighted by Gasteiger charge is 2.11. The van der Waals surface area contributed by atoms with E-state index in [2.05, 4.69) is 56.4 Å². The summed E-state index contributed by atoms with van der Waals surface area (Å²) in [5.74, 6) is -0.825. The molecule has 0 aliphatic heterocycles. The van der Waals surface area contributed by atoms with Crippen LogP contribution in [-0.2, 0) is 14.3 Å². The highest BCUT2D eigenvalue weighted by atomic mass is 16.5. The van der Waals surface area contributed by atoms with E-state index in [1.165, 1.54) is 70.6 Å². The van der Waals surface area contributed by atoms with Gasteiger partial charge in [0, 0.05) is 12.8 Å². The van der Waals surface area contributed by atoms with Gasteiger partial charge in [-0.25, -0.2) is 0 Å². The third kappa shape index (κ3) is 32.3. The van der Waals surface area contributed by atoms with E-state index in [0.29, 0.717) is 12.8 Å². The van der Waals surface area contributed by atoms with Crippen LogP contribution < -0.4 is 0 Å². The Bertz CT molecular complexity index is 704. The molecular weight excluding hydrogens is 508 g/mol. The molecule has 0 aromatic rings. The smallest absolute Gasteiger partial charge is 0.306 e. The van der Waals surface area contributed by atoms with Crippen LogP contribution in [0, 0.1) is 0 Å². The van der Waals surface area contributed by atoms with Crippen molar-refractivity contribution in [3.8, 4) is 0 Å². The molecular formula is C37H64O4. The number of carbonyl (C=O) groups excluding carboxylic acids is 1. The normalized spacial score (nSPS) is 12.8. The van der Waals surface area contributed by atoms with Crippen molar-refractivity contribution >= 4 is 11.9 Å². The highest BCUT2D eigenvalue weighted by Crippen LogP contribution is 2.14. The lowest BCUT2D eigenvalue weighted by molar-refractivity contribution is -0.147. The van der Waals surface area contributed by atoms with E-state index in [1.54, 1.807) is 0 Å². The van der Waals surface area contributed by atoms with Gasteiger partial charge in [-0.1, -0.05) is 121 Å². The van der Waals surface area contributed by atoms with Crippen LogP contribution in [0.1, 0.15) is 168 Å². The van der Waals surface area contributed by atoms with Crippen LogP contribution in [0.3, 0.4) is 0 Å². The van der Waals surface area contributed by atoms with Crippen LogP contribution in [0.2, 0.25) is 0 Å². The first-order valence-electron chi connectivity index (χ1n) is 17.1. The van der Waals surface area contributed by atoms with Crippen LogP contribution in [-0.4, -0.2) is 23.1 Å². The zero-order chi connectivity index (χ0) is 30.1. The Morgan fingerprint density at radius 2 is 1.02 bits per heavy atom. The zero-order valence-electron chi connectivity index (χ0n) is 26.8. The molecule has 41 heavy (non-hydrogen) atoms. The third-order valence-electron chi connectivity index (χ3n) is 7.26. The Morgan fingerprint density at radius 1 is 0.561 bits per heavy atom. The molecule has 0 aromatic heterocycles. The summed E-state index contributed by atoms with van der Waals surface area (Å²) in [5.41, 5.74) is 0. The molecule has 0 saturated carbocycles. The van der Waals surface area contributed by atoms with Crippen molar-refractivity contribution in [2.75, 3.05) is 0 Å². The molecule has 1 atom stereocenters. The summed E-state index contributed by atoms with van der Waals surface area (Å²) in [5, 5.41) is 8.80. The van der Waals surface area contributed by atoms with E-state index in [1.807, 2.05) is 6.08 Å². The van der Waals surface area contributed by atoms with E-state index in [-0.39, 0.29) is 18.5 Å². The van der Waals surface area contributed by atoms with Gasteiger partial charge < -0.3 is 9.84 Å². The summed E-state index contributed by atoms with van der Waals surface area (Å²) in [6.45, 7) is 4.48. The van der Waals surface area contributed by atoms with Gasteiger partial charge in [-0.3, -0.25) is 9.59 Å². The van der Waals surface area contributed by atoms with Crippen LogP contribution >= 0.6 is 0 Å². The second-order valence-electron chi connectivity index (χ2n) is 11.3. The second kappa shape index (κ2) is 32.4. The Morgan fingerprint density at radius 3 is 1.63 bits per heavy atom. The SMILES string of the molecule is CCCCC/C=C\C/C=C\CCCCCCCC(=O)OC(/C=C\C/C=C\CCCCCC)CCCCCCC(=O)O. The van der Waals surface area contributed by atoms with Gasteiger partial charge in [0.1, 0.15) is 6.10 Å². The van der Waals surface area contributed by atoms with Gasteiger partial charge in [-0.2, -0.15) is 0 Å². The standard InChI is InChI=1S/C37H64O4/c1-3-5-7-9-11-13-14-15-16-17-18-20-22-24-30-34-37(40)41-35(32-28-25-26-29-33-36(38)39)31-27-23-21-19-12-10-8-6-4-2/h11,13,15-16,19,21,27,31,35H,3-10,12,14,17-18,20,22-26,28-30,32-34H2,1-2H3,(H,38,39)/b13-11-,16-15-,21-19-,31-27-. The molecule has 0 fully saturated rings. The molecule has 0 aliphatic carbocycles. The van der Waals surface area contributed by atoms with Crippen molar-refractivity contribution in [3.63, 3.8) is 0 Å². The van der Waals surface area contributed by atoms with Crippen molar-refractivity contribution in [3.05, 3.63) is 48.6 Å². The predicted octanol–water partition coefficient (Wildman–Crippen LogP) is 11.6. The molecule has 0 spiro atoms. The molecule has 236 valence electrons. The van der Waals surface area contributed by atoms with Gasteiger partial charge in [0.2, 0.25) is 0 Å². The number of unbranched alkanes of at least 4 members (excludes halogenated alkanes) is 15. The van der Waals surface area contributed by atoms with Crippen molar-refractivity contribution in [1.29, 1.82) is 0 Å². The molecule has 0 rings (SSSR count). The molecule has 4 nitrogen and oxygen atoms in total. The maximum Gasteiger partial charge on any atom is 0.306 e. The lowest BCUT2D eigenvalue weighted by Crippen LogP contribution is -2.16. The van der Waals surface area contributed by atoms with Crippen LogP contribution in [0.4, 0.5) is 0 Å². The van der Waals surface area contributed by atoms with Gasteiger partial charge in [-0.05, 0) is 83.1 Å². The maximum atomic E-state index is 12.5. The zero-order valence-corrected chi connectivity index (χ0v) is 26.8. The first-order chi connectivity index (χ1) is 20.1. The first kappa shape index (κ1) is 38.9. The van der Waals surface area contributed by atoms with Crippen LogP contribution in [0.25, 0.3) is 0 Å². The molecule has 0 heterocycles. The average molecular weight is 573 g/mol. The minimum Gasteiger partial charge on any atom is -0.481 e. The van der Waals surface area contributed by atoms with Gasteiger partial charge >= 0.3 is 11.9 Å². The fourth-order valence-electron chi connectivity index (χ4n) is 4.69. The van der Waals surface area contributed by atoms with E-state index in [4.69, 9.17) is 9.84 Å². The Labute approximate surface area is 253 Å². The predicted molar refractivity (Wildman–Crippen MR) is 176 cm³/mol. The number of carbonyl (C=O) groups is 2. The number of aliphatic carboxylic acids is 1. The Hall–Kier alpha value is -2.10. The van der Waals surface area contributed by atoms with Gasteiger partial charge in [-0.15, -0.1) is 0 Å². The van der Waals surface area contributed by atoms with Crippen molar-refractivity contribution in [1.82, 2.24) is 0 Å². The average Bonchev–Trinajstić information content (AvgIpc) is 2.95.